The highest BCUT2D eigenvalue weighted by Gasteiger charge is 2.36. The van der Waals surface area contributed by atoms with Gasteiger partial charge in [0.25, 0.3) is 5.91 Å². The minimum atomic E-state index is -3.33. The maximum atomic E-state index is 13.0. The molecule has 0 aromatic heterocycles. The van der Waals surface area contributed by atoms with E-state index in [1.54, 1.807) is 31.2 Å². The van der Waals surface area contributed by atoms with Gasteiger partial charge in [-0.1, -0.05) is 18.2 Å². The lowest BCUT2D eigenvalue weighted by atomic mass is 10.1. The molecule has 0 bridgehead atoms. The summed E-state index contributed by atoms with van der Waals surface area (Å²) in [6, 6.07) is 12.3. The number of nitrogens with zero attached hydrogens (tertiary/aromatic N) is 1. The van der Waals surface area contributed by atoms with E-state index < -0.39 is 27.8 Å². The van der Waals surface area contributed by atoms with Crippen molar-refractivity contribution in [2.45, 2.75) is 25.9 Å². The highest BCUT2D eigenvalue weighted by molar-refractivity contribution is 7.90. The van der Waals surface area contributed by atoms with Crippen LogP contribution in [0.1, 0.15) is 39.6 Å². The molecule has 0 aliphatic carbocycles. The van der Waals surface area contributed by atoms with Crippen LogP contribution in [0.15, 0.2) is 48.5 Å². The lowest BCUT2D eigenvalue weighted by molar-refractivity contribution is -0.120. The van der Waals surface area contributed by atoms with E-state index in [-0.39, 0.29) is 31.2 Å². The van der Waals surface area contributed by atoms with Gasteiger partial charge in [-0.05, 0) is 49.2 Å². The standard InChI is InChI=1S/C22H24N2O6S/c1-3-30-22(27)15-8-10-17(11-9-15)23-20(25)19(12-13-31(2,28)29)24-14-16-6-4-5-7-18(16)21(24)26/h4-11,19H,3,12-14H2,1-2H3,(H,23,25)/t19-/m0/s1. The third kappa shape index (κ3) is 5.49. The van der Waals surface area contributed by atoms with Crippen molar-refractivity contribution >= 4 is 33.3 Å². The molecule has 31 heavy (non-hydrogen) atoms. The van der Waals surface area contributed by atoms with E-state index in [0.29, 0.717) is 16.8 Å². The van der Waals surface area contributed by atoms with Crippen LogP contribution in [-0.4, -0.2) is 55.8 Å². The van der Waals surface area contributed by atoms with Crippen LogP contribution in [0.2, 0.25) is 0 Å². The van der Waals surface area contributed by atoms with Crippen molar-refractivity contribution in [3.8, 4) is 0 Å². The molecular formula is C22H24N2O6S. The Balaban J connectivity index is 1.79. The zero-order valence-corrected chi connectivity index (χ0v) is 18.1. The monoisotopic (exact) mass is 444 g/mol. The summed E-state index contributed by atoms with van der Waals surface area (Å²) in [4.78, 5) is 39.1. The van der Waals surface area contributed by atoms with Crippen LogP contribution in [0.5, 0.6) is 0 Å². The first-order valence-electron chi connectivity index (χ1n) is 9.84. The van der Waals surface area contributed by atoms with E-state index in [2.05, 4.69) is 5.32 Å². The second-order valence-electron chi connectivity index (χ2n) is 7.31. The van der Waals surface area contributed by atoms with Gasteiger partial charge in [0.05, 0.1) is 17.9 Å². The predicted octanol–water partition coefficient (Wildman–Crippen LogP) is 2.26. The fourth-order valence-electron chi connectivity index (χ4n) is 3.41. The van der Waals surface area contributed by atoms with Gasteiger partial charge >= 0.3 is 5.97 Å². The Bertz CT molecular complexity index is 1100. The van der Waals surface area contributed by atoms with E-state index in [1.165, 1.54) is 17.0 Å². The van der Waals surface area contributed by atoms with Gasteiger partial charge in [-0.3, -0.25) is 9.59 Å². The largest absolute Gasteiger partial charge is 0.462 e. The van der Waals surface area contributed by atoms with Crippen LogP contribution in [-0.2, 0) is 25.9 Å². The molecule has 9 heteroatoms. The van der Waals surface area contributed by atoms with Gasteiger partial charge in [-0.15, -0.1) is 0 Å². The smallest absolute Gasteiger partial charge is 0.338 e. The molecule has 0 fully saturated rings. The molecule has 8 nitrogen and oxygen atoms in total. The summed E-state index contributed by atoms with van der Waals surface area (Å²) in [6.45, 7) is 2.20. The summed E-state index contributed by atoms with van der Waals surface area (Å²) >= 11 is 0. The van der Waals surface area contributed by atoms with E-state index in [1.807, 2.05) is 12.1 Å². The molecule has 1 heterocycles. The number of carbonyl (C=O) groups is 3. The lowest BCUT2D eigenvalue weighted by Crippen LogP contribution is -2.45. The Morgan fingerprint density at radius 2 is 1.81 bits per heavy atom. The number of ether oxygens (including phenoxy) is 1. The second-order valence-corrected chi connectivity index (χ2v) is 9.57. The average molecular weight is 445 g/mol. The molecule has 1 aliphatic heterocycles. The van der Waals surface area contributed by atoms with Gasteiger partial charge in [-0.2, -0.15) is 0 Å². The summed E-state index contributed by atoms with van der Waals surface area (Å²) in [7, 11) is -3.33. The number of benzene rings is 2. The highest BCUT2D eigenvalue weighted by Crippen LogP contribution is 2.26. The molecule has 2 aromatic carbocycles. The van der Waals surface area contributed by atoms with Gasteiger partial charge in [0.2, 0.25) is 5.91 Å². The van der Waals surface area contributed by atoms with Crippen molar-refractivity contribution in [2.75, 3.05) is 23.9 Å². The summed E-state index contributed by atoms with van der Waals surface area (Å²) in [5, 5.41) is 2.72. The number of fused-ring (bicyclic) bond motifs is 1. The van der Waals surface area contributed by atoms with Gasteiger partial charge in [0, 0.05) is 24.1 Å². The molecule has 164 valence electrons. The van der Waals surface area contributed by atoms with Crippen LogP contribution in [0.25, 0.3) is 0 Å². The van der Waals surface area contributed by atoms with Crippen molar-refractivity contribution in [1.82, 2.24) is 4.90 Å². The number of carbonyl (C=O) groups excluding carboxylic acids is 3. The fourth-order valence-corrected chi connectivity index (χ4v) is 4.06. The number of hydrogen-bond acceptors (Lipinski definition) is 6. The summed E-state index contributed by atoms with van der Waals surface area (Å²) in [6.07, 6.45) is 1.07. The minimum Gasteiger partial charge on any atom is -0.462 e. The molecule has 0 saturated heterocycles. The number of sulfone groups is 1. The Labute approximate surface area is 181 Å². The van der Waals surface area contributed by atoms with Crippen LogP contribution < -0.4 is 5.32 Å². The molecule has 1 aliphatic rings. The number of amides is 2. The predicted molar refractivity (Wildman–Crippen MR) is 115 cm³/mol. The van der Waals surface area contributed by atoms with E-state index >= 15 is 0 Å². The van der Waals surface area contributed by atoms with Crippen LogP contribution >= 0.6 is 0 Å². The Morgan fingerprint density at radius 1 is 1.13 bits per heavy atom. The number of rotatable bonds is 8. The fraction of sp³-hybridized carbons (Fsp3) is 0.318. The number of hydrogen-bond donors (Lipinski definition) is 1. The normalized spacial score (nSPS) is 14.1. The van der Waals surface area contributed by atoms with E-state index in [0.717, 1.165) is 11.8 Å². The first-order valence-corrected chi connectivity index (χ1v) is 11.9. The minimum absolute atomic E-state index is 0.0225. The van der Waals surface area contributed by atoms with Crippen molar-refractivity contribution in [3.05, 3.63) is 65.2 Å². The van der Waals surface area contributed by atoms with Gasteiger partial charge < -0.3 is 15.0 Å². The van der Waals surface area contributed by atoms with Gasteiger partial charge in [0.15, 0.2) is 0 Å². The molecule has 3 rings (SSSR count). The van der Waals surface area contributed by atoms with Crippen molar-refractivity contribution in [2.24, 2.45) is 0 Å². The zero-order valence-electron chi connectivity index (χ0n) is 17.3. The molecule has 2 aromatic rings. The maximum Gasteiger partial charge on any atom is 0.338 e. The van der Waals surface area contributed by atoms with Gasteiger partial charge in [0.1, 0.15) is 15.9 Å². The lowest BCUT2D eigenvalue weighted by Gasteiger charge is -2.26. The molecule has 0 unspecified atom stereocenters. The summed E-state index contributed by atoms with van der Waals surface area (Å²) in [5.41, 5.74) is 2.08. The van der Waals surface area contributed by atoms with Crippen LogP contribution in [0, 0.1) is 0 Å². The maximum absolute atomic E-state index is 13.0. The number of nitrogens with one attached hydrogen (secondary N) is 1. The highest BCUT2D eigenvalue weighted by atomic mass is 32.2. The second kappa shape index (κ2) is 9.30. The number of esters is 1. The average Bonchev–Trinajstić information content (AvgIpc) is 3.05. The zero-order chi connectivity index (χ0) is 22.6. The summed E-state index contributed by atoms with van der Waals surface area (Å²) in [5.74, 6) is -1.49. The Hall–Kier alpha value is -3.20. The Kier molecular flexibility index (Phi) is 6.74. The van der Waals surface area contributed by atoms with E-state index in [4.69, 9.17) is 4.74 Å². The third-order valence-corrected chi connectivity index (χ3v) is 5.93. The van der Waals surface area contributed by atoms with Crippen molar-refractivity contribution in [1.29, 1.82) is 0 Å². The first-order chi connectivity index (χ1) is 14.7. The summed E-state index contributed by atoms with van der Waals surface area (Å²) < 4.78 is 28.3. The molecule has 1 N–H and O–H groups in total. The quantitative estimate of drug-likeness (QED) is 0.626. The third-order valence-electron chi connectivity index (χ3n) is 4.95. The van der Waals surface area contributed by atoms with Crippen molar-refractivity contribution in [3.63, 3.8) is 0 Å². The molecule has 0 saturated carbocycles. The van der Waals surface area contributed by atoms with Gasteiger partial charge in [-0.25, -0.2) is 13.2 Å². The van der Waals surface area contributed by atoms with E-state index in [9.17, 15) is 22.8 Å². The molecule has 0 spiro atoms. The van der Waals surface area contributed by atoms with Crippen LogP contribution in [0.4, 0.5) is 5.69 Å². The molecule has 1 atom stereocenters. The SMILES string of the molecule is CCOC(=O)c1ccc(NC(=O)[C@H](CCS(C)(=O)=O)N2Cc3ccccc3C2=O)cc1. The molecular weight excluding hydrogens is 420 g/mol. The number of anilines is 1. The topological polar surface area (TPSA) is 110 Å². The molecule has 0 radical (unpaired) electrons. The van der Waals surface area contributed by atoms with Crippen molar-refractivity contribution < 1.29 is 27.5 Å². The Morgan fingerprint density at radius 3 is 2.42 bits per heavy atom. The molecule has 2 amide bonds. The first kappa shape index (κ1) is 22.5. The van der Waals surface area contributed by atoms with Crippen LogP contribution in [0.3, 0.4) is 0 Å².